The lowest BCUT2D eigenvalue weighted by Crippen LogP contribution is -2.35. The quantitative estimate of drug-likeness (QED) is 0.280. The Morgan fingerprint density at radius 1 is 1.03 bits per heavy atom. The Morgan fingerprint density at radius 2 is 1.87 bits per heavy atom. The second kappa shape index (κ2) is 10.8. The molecule has 1 unspecified atom stereocenters. The van der Waals surface area contributed by atoms with Gasteiger partial charge in [-0.3, -0.25) is 9.69 Å². The maximum absolute atomic E-state index is 13.7. The Morgan fingerprint density at radius 3 is 2.63 bits per heavy atom. The number of fused-ring (bicyclic) bond motifs is 1. The number of pyridine rings is 1. The van der Waals surface area contributed by atoms with E-state index in [1.54, 1.807) is 6.26 Å². The molecule has 38 heavy (non-hydrogen) atoms. The molecular formula is C30H32N6O2. The van der Waals surface area contributed by atoms with E-state index in [4.69, 9.17) is 4.42 Å². The standard InChI is InChI=1S/C30H32N6O2/c1-2-21-14-15-27-23(17-21)18-26(30(37)31-27)28(29-32-33-34-36(29)24-11-6-7-12-24)35(20-25-13-8-16-38-25)19-22-9-4-3-5-10-22/h3-5,8-10,13-18,24,28H,2,6-7,11-12,19-20H2,1H3,(H,31,37). The molecule has 3 heterocycles. The summed E-state index contributed by atoms with van der Waals surface area (Å²) in [5.41, 5.74) is 3.67. The second-order valence-corrected chi connectivity index (χ2v) is 10.1. The minimum atomic E-state index is -0.477. The van der Waals surface area contributed by atoms with Crippen LogP contribution in [0, 0.1) is 0 Å². The number of hydrogen-bond acceptors (Lipinski definition) is 6. The van der Waals surface area contributed by atoms with Crippen LogP contribution in [0.4, 0.5) is 0 Å². The van der Waals surface area contributed by atoms with Crippen molar-refractivity contribution in [1.82, 2.24) is 30.1 Å². The van der Waals surface area contributed by atoms with Crippen LogP contribution in [0.1, 0.15) is 73.0 Å². The lowest BCUT2D eigenvalue weighted by Gasteiger charge is -2.31. The third-order valence-corrected chi connectivity index (χ3v) is 7.61. The Hall–Kier alpha value is -4.04. The summed E-state index contributed by atoms with van der Waals surface area (Å²) in [6.07, 6.45) is 7.00. The Labute approximate surface area is 221 Å². The first-order valence-electron chi connectivity index (χ1n) is 13.4. The van der Waals surface area contributed by atoms with Crippen molar-refractivity contribution in [2.75, 3.05) is 0 Å². The van der Waals surface area contributed by atoms with Gasteiger partial charge < -0.3 is 9.40 Å². The van der Waals surface area contributed by atoms with Gasteiger partial charge in [-0.15, -0.1) is 5.10 Å². The van der Waals surface area contributed by atoms with E-state index in [0.29, 0.717) is 24.5 Å². The van der Waals surface area contributed by atoms with Gasteiger partial charge in [0.1, 0.15) is 11.8 Å². The number of furan rings is 1. The molecule has 2 aromatic carbocycles. The zero-order chi connectivity index (χ0) is 25.9. The highest BCUT2D eigenvalue weighted by atomic mass is 16.3. The summed E-state index contributed by atoms with van der Waals surface area (Å²) in [4.78, 5) is 19.1. The minimum absolute atomic E-state index is 0.134. The van der Waals surface area contributed by atoms with Gasteiger partial charge in [-0.05, 0) is 76.5 Å². The number of nitrogens with zero attached hydrogens (tertiary/aromatic N) is 5. The summed E-state index contributed by atoms with van der Waals surface area (Å²) in [5.74, 6) is 1.51. The van der Waals surface area contributed by atoms with Crippen LogP contribution in [-0.4, -0.2) is 30.1 Å². The number of rotatable bonds is 9. The predicted octanol–water partition coefficient (Wildman–Crippen LogP) is 5.58. The SMILES string of the molecule is CCc1ccc2[nH]c(=O)c(C(c3nnnn3C3CCCC3)N(Cc3ccccc3)Cc3ccco3)cc2c1. The van der Waals surface area contributed by atoms with E-state index >= 15 is 0 Å². The lowest BCUT2D eigenvalue weighted by molar-refractivity contribution is 0.176. The van der Waals surface area contributed by atoms with Gasteiger partial charge in [-0.25, -0.2) is 4.68 Å². The fourth-order valence-corrected chi connectivity index (χ4v) is 5.64. The van der Waals surface area contributed by atoms with Crippen molar-refractivity contribution in [1.29, 1.82) is 0 Å². The molecule has 0 bridgehead atoms. The molecule has 6 rings (SSSR count). The van der Waals surface area contributed by atoms with Crippen LogP contribution < -0.4 is 5.56 Å². The van der Waals surface area contributed by atoms with Gasteiger partial charge in [0, 0.05) is 17.6 Å². The third kappa shape index (κ3) is 4.91. The molecule has 194 valence electrons. The highest BCUT2D eigenvalue weighted by molar-refractivity contribution is 5.80. The van der Waals surface area contributed by atoms with Crippen LogP contribution in [0.3, 0.4) is 0 Å². The van der Waals surface area contributed by atoms with Gasteiger partial charge in [0.15, 0.2) is 5.82 Å². The van der Waals surface area contributed by atoms with E-state index in [1.165, 1.54) is 5.56 Å². The molecule has 0 aliphatic heterocycles. The number of hydrogen-bond donors (Lipinski definition) is 1. The van der Waals surface area contributed by atoms with E-state index in [9.17, 15) is 4.79 Å². The molecule has 8 heteroatoms. The molecule has 1 saturated carbocycles. The molecule has 0 radical (unpaired) electrons. The number of tetrazole rings is 1. The largest absolute Gasteiger partial charge is 0.468 e. The van der Waals surface area contributed by atoms with Crippen molar-refractivity contribution >= 4 is 10.9 Å². The molecule has 1 fully saturated rings. The molecule has 8 nitrogen and oxygen atoms in total. The minimum Gasteiger partial charge on any atom is -0.468 e. The van der Waals surface area contributed by atoms with Crippen LogP contribution in [0.15, 0.2) is 82.2 Å². The van der Waals surface area contributed by atoms with Crippen molar-refractivity contribution in [2.24, 2.45) is 0 Å². The van der Waals surface area contributed by atoms with Crippen LogP contribution >= 0.6 is 0 Å². The van der Waals surface area contributed by atoms with E-state index in [-0.39, 0.29) is 11.6 Å². The highest BCUT2D eigenvalue weighted by Crippen LogP contribution is 2.35. The Kier molecular flexibility index (Phi) is 6.88. The van der Waals surface area contributed by atoms with Crippen molar-refractivity contribution < 1.29 is 4.42 Å². The monoisotopic (exact) mass is 508 g/mol. The molecule has 0 spiro atoms. The van der Waals surface area contributed by atoms with Gasteiger partial charge in [0.05, 0.1) is 18.8 Å². The Bertz CT molecular complexity index is 1550. The first-order chi connectivity index (χ1) is 18.7. The van der Waals surface area contributed by atoms with Gasteiger partial charge in [-0.1, -0.05) is 56.2 Å². The summed E-state index contributed by atoms with van der Waals surface area (Å²) in [7, 11) is 0. The van der Waals surface area contributed by atoms with Crippen molar-refractivity contribution in [2.45, 2.75) is 64.2 Å². The predicted molar refractivity (Wildman–Crippen MR) is 146 cm³/mol. The second-order valence-electron chi connectivity index (χ2n) is 10.1. The zero-order valence-electron chi connectivity index (χ0n) is 21.6. The summed E-state index contributed by atoms with van der Waals surface area (Å²) in [6, 6.07) is 22.1. The molecule has 0 amide bonds. The fraction of sp³-hybridized carbons (Fsp3) is 0.333. The summed E-state index contributed by atoms with van der Waals surface area (Å²) < 4.78 is 7.74. The summed E-state index contributed by atoms with van der Waals surface area (Å²) in [5, 5.41) is 14.1. The number of aromatic amines is 1. The van der Waals surface area contributed by atoms with Gasteiger partial charge in [0.2, 0.25) is 0 Å². The van der Waals surface area contributed by atoms with E-state index in [0.717, 1.165) is 54.3 Å². The van der Waals surface area contributed by atoms with Crippen LogP contribution in [-0.2, 0) is 19.5 Å². The molecule has 3 aromatic heterocycles. The molecule has 0 saturated heterocycles. The van der Waals surface area contributed by atoms with E-state index in [2.05, 4.69) is 56.6 Å². The van der Waals surface area contributed by atoms with E-state index in [1.807, 2.05) is 47.1 Å². The average Bonchev–Trinajstić information content (AvgIpc) is 3.73. The summed E-state index contributed by atoms with van der Waals surface area (Å²) >= 11 is 0. The van der Waals surface area contributed by atoms with Gasteiger partial charge in [0.25, 0.3) is 5.56 Å². The van der Waals surface area contributed by atoms with Gasteiger partial charge >= 0.3 is 0 Å². The molecule has 5 aromatic rings. The smallest absolute Gasteiger partial charge is 0.253 e. The van der Waals surface area contributed by atoms with E-state index < -0.39 is 6.04 Å². The molecule has 1 aliphatic carbocycles. The first-order valence-corrected chi connectivity index (χ1v) is 13.4. The molecule has 1 atom stereocenters. The molecular weight excluding hydrogens is 476 g/mol. The fourth-order valence-electron chi connectivity index (χ4n) is 5.64. The normalized spacial score (nSPS) is 15.0. The molecule has 1 N–H and O–H groups in total. The van der Waals surface area contributed by atoms with Crippen molar-refractivity contribution in [3.63, 3.8) is 0 Å². The third-order valence-electron chi connectivity index (χ3n) is 7.61. The number of aromatic nitrogens is 5. The topological polar surface area (TPSA) is 92.8 Å². The van der Waals surface area contributed by atoms with Crippen LogP contribution in [0.5, 0.6) is 0 Å². The maximum Gasteiger partial charge on any atom is 0.253 e. The van der Waals surface area contributed by atoms with Gasteiger partial charge in [-0.2, -0.15) is 0 Å². The van der Waals surface area contributed by atoms with Crippen LogP contribution in [0.2, 0.25) is 0 Å². The Balaban J connectivity index is 1.53. The molecule has 1 aliphatic rings. The average molecular weight is 509 g/mol. The van der Waals surface area contributed by atoms with Crippen molar-refractivity contribution in [3.8, 4) is 0 Å². The van der Waals surface area contributed by atoms with Crippen molar-refractivity contribution in [3.05, 3.63) is 112 Å². The first kappa shape index (κ1) is 24.3. The number of aryl methyl sites for hydroxylation is 1. The zero-order valence-corrected chi connectivity index (χ0v) is 21.6. The maximum atomic E-state index is 13.7. The van der Waals surface area contributed by atoms with Crippen LogP contribution in [0.25, 0.3) is 10.9 Å². The lowest BCUT2D eigenvalue weighted by atomic mass is 10.0. The summed E-state index contributed by atoms with van der Waals surface area (Å²) in [6.45, 7) is 3.23. The number of H-pyrrole nitrogens is 1. The highest BCUT2D eigenvalue weighted by Gasteiger charge is 2.33. The number of nitrogens with one attached hydrogen (secondary N) is 1. The number of benzene rings is 2.